The van der Waals surface area contributed by atoms with Crippen molar-refractivity contribution in [2.45, 2.75) is 52.2 Å². The van der Waals surface area contributed by atoms with Crippen LogP contribution >= 0.6 is 11.6 Å². The topological polar surface area (TPSA) is 138 Å². The maximum atomic E-state index is 13.4. The number of nitrogens with one attached hydrogen (secondary N) is 2. The van der Waals surface area contributed by atoms with E-state index in [0.29, 0.717) is 15.9 Å². The number of hydrogen-bond donors (Lipinski definition) is 2. The molecule has 2 aromatic rings. The average molecular weight is 549 g/mol. The number of pyridine rings is 1. The molecule has 1 aromatic heterocycles. The zero-order chi connectivity index (χ0) is 28.0. The number of carbonyl (C=O) groups excluding carboxylic acids is 4. The van der Waals surface area contributed by atoms with E-state index in [0.717, 1.165) is 6.07 Å². The normalized spacial score (nSPS) is 14.7. The van der Waals surface area contributed by atoms with Crippen molar-refractivity contribution < 1.29 is 28.7 Å². The number of nitrogens with zero attached hydrogens (tertiary/aromatic N) is 2. The van der Waals surface area contributed by atoms with Gasteiger partial charge in [0.2, 0.25) is 5.91 Å². The number of piperazine rings is 1. The summed E-state index contributed by atoms with van der Waals surface area (Å²) in [4.78, 5) is 69.4. The van der Waals surface area contributed by atoms with Crippen LogP contribution in [0.4, 0.5) is 4.79 Å². The fourth-order valence-electron chi connectivity index (χ4n) is 4.03. The monoisotopic (exact) mass is 548 g/mol. The summed E-state index contributed by atoms with van der Waals surface area (Å²) in [7, 11) is 0. The van der Waals surface area contributed by atoms with E-state index in [1.807, 2.05) is 0 Å². The molecule has 1 unspecified atom stereocenters. The lowest BCUT2D eigenvalue weighted by molar-refractivity contribution is -0.155. The number of halogens is 1. The Balaban J connectivity index is 1.76. The molecule has 3 amide bonds. The van der Waals surface area contributed by atoms with Gasteiger partial charge in [-0.25, -0.2) is 4.79 Å². The predicted octanol–water partition coefficient (Wildman–Crippen LogP) is 2.70. The van der Waals surface area contributed by atoms with E-state index in [4.69, 9.17) is 21.1 Å². The Hall–Kier alpha value is -3.60. The molecule has 2 N–H and O–H groups in total. The second-order valence-corrected chi connectivity index (χ2v) is 10.3. The van der Waals surface area contributed by atoms with E-state index in [1.54, 1.807) is 39.8 Å². The number of aromatic amines is 1. The van der Waals surface area contributed by atoms with Gasteiger partial charge in [-0.3, -0.25) is 19.2 Å². The second-order valence-electron chi connectivity index (χ2n) is 9.90. The summed E-state index contributed by atoms with van der Waals surface area (Å²) in [5, 5.41) is 3.38. The van der Waals surface area contributed by atoms with Crippen molar-refractivity contribution >= 4 is 46.4 Å². The van der Waals surface area contributed by atoms with Gasteiger partial charge in [-0.1, -0.05) is 11.6 Å². The summed E-state index contributed by atoms with van der Waals surface area (Å²) in [5.74, 6) is -1.58. The molecule has 1 aliphatic heterocycles. The van der Waals surface area contributed by atoms with Gasteiger partial charge in [-0.15, -0.1) is 0 Å². The largest absolute Gasteiger partial charge is 0.460 e. The third kappa shape index (κ3) is 7.70. The molecule has 1 aromatic carbocycles. The predicted molar refractivity (Wildman–Crippen MR) is 141 cm³/mol. The number of rotatable bonds is 7. The van der Waals surface area contributed by atoms with Crippen LogP contribution in [0.25, 0.3) is 10.9 Å². The van der Waals surface area contributed by atoms with Crippen LogP contribution in [0.2, 0.25) is 5.02 Å². The Morgan fingerprint density at radius 2 is 1.74 bits per heavy atom. The molecule has 206 valence electrons. The third-order valence-electron chi connectivity index (χ3n) is 5.81. The number of benzene rings is 1. The van der Waals surface area contributed by atoms with E-state index >= 15 is 0 Å². The van der Waals surface area contributed by atoms with Gasteiger partial charge in [0.05, 0.1) is 6.61 Å². The molecule has 1 fully saturated rings. The Bertz CT molecular complexity index is 1260. The molecule has 11 nitrogen and oxygen atoms in total. The number of aromatic nitrogens is 1. The maximum Gasteiger partial charge on any atom is 0.409 e. The molecule has 1 aliphatic rings. The summed E-state index contributed by atoms with van der Waals surface area (Å²) in [6.45, 7) is 8.21. The molecule has 0 spiro atoms. The molecule has 3 rings (SSSR count). The van der Waals surface area contributed by atoms with Crippen molar-refractivity contribution in [3.8, 4) is 0 Å². The van der Waals surface area contributed by atoms with E-state index in [2.05, 4.69) is 10.3 Å². The zero-order valence-electron chi connectivity index (χ0n) is 22.0. The van der Waals surface area contributed by atoms with Gasteiger partial charge in [0.25, 0.3) is 5.91 Å². The Labute approximate surface area is 225 Å². The Morgan fingerprint density at radius 1 is 1.08 bits per heavy atom. The second kappa shape index (κ2) is 12.3. The van der Waals surface area contributed by atoms with Gasteiger partial charge in [-0.05, 0) is 52.3 Å². The fourth-order valence-corrected chi connectivity index (χ4v) is 4.21. The van der Waals surface area contributed by atoms with Gasteiger partial charge in [0.1, 0.15) is 17.3 Å². The van der Waals surface area contributed by atoms with E-state index < -0.39 is 40.9 Å². The first-order valence-electron chi connectivity index (χ1n) is 12.4. The van der Waals surface area contributed by atoms with Crippen LogP contribution in [0.3, 0.4) is 0 Å². The van der Waals surface area contributed by atoms with Crippen LogP contribution < -0.4 is 10.7 Å². The van der Waals surface area contributed by atoms with Gasteiger partial charge < -0.3 is 29.6 Å². The molecule has 1 atom stereocenters. The van der Waals surface area contributed by atoms with Crippen molar-refractivity contribution in [3.63, 3.8) is 0 Å². The minimum Gasteiger partial charge on any atom is -0.460 e. The molecule has 0 radical (unpaired) electrons. The highest BCUT2D eigenvalue weighted by atomic mass is 35.5. The van der Waals surface area contributed by atoms with Crippen LogP contribution in [-0.2, 0) is 19.1 Å². The van der Waals surface area contributed by atoms with Crippen LogP contribution in [0.5, 0.6) is 0 Å². The summed E-state index contributed by atoms with van der Waals surface area (Å²) in [6.07, 6.45) is -0.565. The minimum atomic E-state index is -1.06. The van der Waals surface area contributed by atoms with Gasteiger partial charge in [-0.2, -0.15) is 0 Å². The summed E-state index contributed by atoms with van der Waals surface area (Å²) < 4.78 is 10.4. The van der Waals surface area contributed by atoms with Crippen molar-refractivity contribution in [2.75, 3.05) is 32.8 Å². The Morgan fingerprint density at radius 3 is 2.37 bits per heavy atom. The van der Waals surface area contributed by atoms with Crippen molar-refractivity contribution in [1.82, 2.24) is 20.1 Å². The highest BCUT2D eigenvalue weighted by Gasteiger charge is 2.31. The number of amides is 3. The first kappa shape index (κ1) is 29.0. The van der Waals surface area contributed by atoms with Gasteiger partial charge >= 0.3 is 12.1 Å². The van der Waals surface area contributed by atoms with Crippen LogP contribution in [0.1, 0.15) is 51.0 Å². The minimum absolute atomic E-state index is 0.00893. The highest BCUT2D eigenvalue weighted by Crippen LogP contribution is 2.16. The molecular weight excluding hydrogens is 516 g/mol. The zero-order valence-corrected chi connectivity index (χ0v) is 22.7. The first-order valence-corrected chi connectivity index (χ1v) is 12.8. The van der Waals surface area contributed by atoms with Crippen molar-refractivity contribution in [1.29, 1.82) is 0 Å². The third-order valence-corrected chi connectivity index (χ3v) is 6.05. The summed E-state index contributed by atoms with van der Waals surface area (Å²) in [6, 6.07) is 4.75. The van der Waals surface area contributed by atoms with Crippen LogP contribution in [-0.4, -0.2) is 83.1 Å². The quantitative estimate of drug-likeness (QED) is 0.507. The van der Waals surface area contributed by atoms with Gasteiger partial charge in [0.15, 0.2) is 5.43 Å². The van der Waals surface area contributed by atoms with Gasteiger partial charge in [0, 0.05) is 54.6 Å². The molecule has 12 heteroatoms. The maximum absolute atomic E-state index is 13.4. The molecule has 0 saturated carbocycles. The number of fused-ring (bicyclic) bond motifs is 1. The Kier molecular flexibility index (Phi) is 9.37. The molecule has 0 aliphatic carbocycles. The smallest absolute Gasteiger partial charge is 0.409 e. The SMILES string of the molecule is CCOC(=O)N1CCN(C(=O)C(CCC(=O)OC(C)(C)C)NC(=O)c2cc(=O)c3cc(Cl)ccc3[nH]2)CC1. The summed E-state index contributed by atoms with van der Waals surface area (Å²) >= 11 is 5.97. The summed E-state index contributed by atoms with van der Waals surface area (Å²) in [5.41, 5.74) is -0.722. The lowest BCUT2D eigenvalue weighted by Gasteiger charge is -2.36. The van der Waals surface area contributed by atoms with E-state index in [1.165, 1.54) is 15.9 Å². The number of esters is 1. The number of hydrogen-bond acceptors (Lipinski definition) is 7. The lowest BCUT2D eigenvalue weighted by Crippen LogP contribution is -2.56. The molecule has 2 heterocycles. The number of H-pyrrole nitrogens is 1. The molecule has 38 heavy (non-hydrogen) atoms. The first-order chi connectivity index (χ1) is 17.9. The number of ether oxygens (including phenoxy) is 2. The number of carbonyl (C=O) groups is 4. The van der Waals surface area contributed by atoms with E-state index in [9.17, 15) is 24.0 Å². The van der Waals surface area contributed by atoms with Crippen LogP contribution in [0, 0.1) is 0 Å². The average Bonchev–Trinajstić information content (AvgIpc) is 2.85. The lowest BCUT2D eigenvalue weighted by atomic mass is 10.1. The highest BCUT2D eigenvalue weighted by molar-refractivity contribution is 6.31. The molecule has 1 saturated heterocycles. The van der Waals surface area contributed by atoms with E-state index in [-0.39, 0.29) is 51.3 Å². The fraction of sp³-hybridized carbons (Fsp3) is 0.500. The molecular formula is C26H33ClN4O7. The molecule has 0 bridgehead atoms. The van der Waals surface area contributed by atoms with Crippen molar-refractivity contribution in [3.05, 3.63) is 45.2 Å². The van der Waals surface area contributed by atoms with Crippen LogP contribution in [0.15, 0.2) is 29.1 Å². The van der Waals surface area contributed by atoms with Crippen molar-refractivity contribution in [2.24, 2.45) is 0 Å². The standard InChI is InChI=1S/C26H33ClN4O7/c1-5-37-25(36)31-12-10-30(11-13-31)24(35)19(8-9-22(33)38-26(2,3)4)29-23(34)20-15-21(32)17-14-16(27)6-7-18(17)28-20/h6-7,14-15,19H,5,8-13H2,1-4H3,(H,28,32)(H,29,34).